The minimum absolute atomic E-state index is 0.844. The smallest absolute Gasteiger partial charge is 0.314 e. The van der Waals surface area contributed by atoms with Crippen molar-refractivity contribution in [2.45, 2.75) is 0 Å². The van der Waals surface area contributed by atoms with E-state index in [-0.39, 0.29) is 0 Å². The summed E-state index contributed by atoms with van der Waals surface area (Å²) in [6.07, 6.45) is -6.85. The second-order valence-electron chi connectivity index (χ2n) is 1.65. The fourth-order valence-corrected chi connectivity index (χ4v) is 5.14. The number of halogens is 7. The van der Waals surface area contributed by atoms with Crippen LogP contribution in [0.5, 0.6) is 0 Å². The summed E-state index contributed by atoms with van der Waals surface area (Å²) in [5.74, 6) is 0. The zero-order valence-corrected chi connectivity index (χ0v) is 12.5. The summed E-state index contributed by atoms with van der Waals surface area (Å²) in [7, 11) is 0. The van der Waals surface area contributed by atoms with E-state index in [4.69, 9.17) is 77.9 Å². The van der Waals surface area contributed by atoms with Gasteiger partial charge in [-0.2, -0.15) is 11.5 Å². The van der Waals surface area contributed by atoms with Crippen LogP contribution in [0.4, 0.5) is 0 Å². The van der Waals surface area contributed by atoms with E-state index in [1.807, 2.05) is 0 Å². The van der Waals surface area contributed by atoms with Gasteiger partial charge in [0.1, 0.15) is 0 Å². The molecule has 72 valence electrons. The molecule has 0 atom stereocenters. The maximum Gasteiger partial charge on any atom is 0.413 e. The van der Waals surface area contributed by atoms with Gasteiger partial charge in [-0.15, -0.1) is 66.5 Å². The molecule has 0 aliphatic carbocycles. The molecule has 12 heavy (non-hydrogen) atoms. The summed E-state index contributed by atoms with van der Waals surface area (Å²) in [5.41, 5.74) is 0. The topological polar surface area (TPSA) is 24.1 Å². The van der Waals surface area contributed by atoms with Crippen molar-refractivity contribution in [2.75, 3.05) is 0 Å². The van der Waals surface area contributed by atoms with Gasteiger partial charge in [-0.1, -0.05) is 0 Å². The molecule has 0 aliphatic rings. The molecule has 12 heteroatoms. The summed E-state index contributed by atoms with van der Waals surface area (Å²) >= 11 is 38.5. The second kappa shape index (κ2) is 5.51. The first kappa shape index (κ1) is 14.4. The van der Waals surface area contributed by atoms with E-state index in [0.29, 0.717) is 0 Å². The van der Waals surface area contributed by atoms with Crippen molar-refractivity contribution in [2.24, 2.45) is 0 Å². The minimum Gasteiger partial charge on any atom is -0.314 e. The average molecular weight is 345 g/mol. The third kappa shape index (κ3) is 10.5. The van der Waals surface area contributed by atoms with Crippen LogP contribution in [0.1, 0.15) is 0 Å². The molecule has 0 unspecified atom stereocenters. The van der Waals surface area contributed by atoms with E-state index < -0.39 is 18.7 Å². The minimum atomic E-state index is -3.00. The van der Waals surface area contributed by atoms with Gasteiger partial charge in [0.25, 0.3) is 0 Å². The van der Waals surface area contributed by atoms with Crippen molar-refractivity contribution in [3.63, 3.8) is 0 Å². The van der Waals surface area contributed by atoms with Gasteiger partial charge in [0, 0.05) is 0 Å². The Morgan fingerprint density at radius 1 is 0.750 bits per heavy atom. The van der Waals surface area contributed by atoms with E-state index >= 15 is 0 Å². The summed E-state index contributed by atoms with van der Waals surface area (Å²) < 4.78 is 0. The monoisotopic (exact) mass is 342 g/mol. The summed E-state index contributed by atoms with van der Waals surface area (Å²) in [5, 5.41) is 0. The average Bonchev–Trinajstić information content (AvgIpc) is 1.49. The van der Waals surface area contributed by atoms with E-state index in [1.165, 1.54) is 0 Å². The largest absolute Gasteiger partial charge is 0.413 e. The standard InChI is InChI=1S/BCl7H2N2Si2/c2-1(9-11(3,4)5)10-12(6,7)8/h9-10H. The molecule has 0 amide bonds. The van der Waals surface area contributed by atoms with Crippen LogP contribution in [0.3, 0.4) is 0 Å². The predicted molar refractivity (Wildman–Crippen MR) is 64.5 cm³/mol. The number of rotatable bonds is 4. The summed E-state index contributed by atoms with van der Waals surface area (Å²) in [6, 6.07) is 0. The van der Waals surface area contributed by atoms with Crippen molar-refractivity contribution < 1.29 is 0 Å². The van der Waals surface area contributed by atoms with Crippen LogP contribution in [0.25, 0.3) is 0 Å². The fraction of sp³-hybridized carbons (Fsp3) is 0. The fourth-order valence-electron chi connectivity index (χ4n) is 0.323. The first-order chi connectivity index (χ1) is 5.10. The van der Waals surface area contributed by atoms with Crippen molar-refractivity contribution in [3.8, 4) is 0 Å². The van der Waals surface area contributed by atoms with Crippen LogP contribution in [-0.4, -0.2) is 18.7 Å². The SMILES string of the molecule is ClB(N[Si](Cl)(Cl)Cl)N[Si](Cl)(Cl)Cl. The maximum absolute atomic E-state index is 5.59. The van der Waals surface area contributed by atoms with Crippen molar-refractivity contribution in [1.29, 1.82) is 0 Å². The molecule has 0 aromatic carbocycles. The molecule has 0 spiro atoms. The number of nitrogens with one attached hydrogen (secondary N) is 2. The first-order valence-electron chi connectivity index (χ1n) is 2.43. The van der Waals surface area contributed by atoms with E-state index in [2.05, 4.69) is 9.79 Å². The Bertz CT molecular complexity index is 123. The molecular formula is H2BCl7N2Si2. The molecule has 0 rings (SSSR count). The quantitative estimate of drug-likeness (QED) is 0.605. The lowest BCUT2D eigenvalue weighted by molar-refractivity contribution is 1.42. The van der Waals surface area contributed by atoms with Crippen molar-refractivity contribution in [1.82, 2.24) is 9.79 Å². The summed E-state index contributed by atoms with van der Waals surface area (Å²) in [6.45, 7) is 0. The molecule has 0 radical (unpaired) electrons. The highest BCUT2D eigenvalue weighted by molar-refractivity contribution is 7.67. The molecule has 0 bridgehead atoms. The third-order valence-corrected chi connectivity index (χ3v) is 4.36. The van der Waals surface area contributed by atoms with Crippen LogP contribution in [0.2, 0.25) is 0 Å². The lowest BCUT2D eigenvalue weighted by atomic mass is 10.2. The van der Waals surface area contributed by atoms with Gasteiger partial charge in [0.2, 0.25) is 0 Å². The highest BCUT2D eigenvalue weighted by atomic mass is 35.8. The zero-order chi connectivity index (χ0) is 9.99. The van der Waals surface area contributed by atoms with E-state index in [0.717, 1.165) is 0 Å². The van der Waals surface area contributed by atoms with Crippen LogP contribution < -0.4 is 9.79 Å². The van der Waals surface area contributed by atoms with E-state index in [9.17, 15) is 0 Å². The molecule has 0 saturated carbocycles. The van der Waals surface area contributed by atoms with Gasteiger partial charge in [-0.05, 0) is 0 Å². The van der Waals surface area contributed by atoms with Gasteiger partial charge < -0.3 is 9.79 Å². The van der Waals surface area contributed by atoms with Crippen LogP contribution in [-0.2, 0) is 0 Å². The van der Waals surface area contributed by atoms with Crippen LogP contribution in [0.15, 0.2) is 0 Å². The molecule has 0 aliphatic heterocycles. The van der Waals surface area contributed by atoms with Gasteiger partial charge >= 0.3 is 18.7 Å². The predicted octanol–water partition coefficient (Wildman–Crippen LogP) is 2.69. The molecule has 2 N–H and O–H groups in total. The lowest BCUT2D eigenvalue weighted by Gasteiger charge is -2.17. The zero-order valence-electron chi connectivity index (χ0n) is 5.22. The Morgan fingerprint density at radius 2 is 1.00 bits per heavy atom. The molecule has 0 aromatic rings. The Hall–Kier alpha value is 2.45. The molecular weight excluding hydrogens is 343 g/mol. The van der Waals surface area contributed by atoms with Crippen molar-refractivity contribution >= 4 is 96.7 Å². The molecule has 0 heterocycles. The van der Waals surface area contributed by atoms with Gasteiger partial charge in [0.15, 0.2) is 0 Å². The van der Waals surface area contributed by atoms with Gasteiger partial charge in [-0.25, -0.2) is 0 Å². The Kier molecular flexibility index (Phi) is 6.63. The van der Waals surface area contributed by atoms with E-state index in [1.54, 1.807) is 0 Å². The highest BCUT2D eigenvalue weighted by Gasteiger charge is 2.36. The summed E-state index contributed by atoms with van der Waals surface area (Å²) in [4.78, 5) is 4.89. The first-order valence-corrected chi connectivity index (χ1v) is 12.9. The maximum atomic E-state index is 5.59. The Morgan fingerprint density at radius 3 is 1.17 bits per heavy atom. The molecule has 0 saturated heterocycles. The molecule has 0 aromatic heterocycles. The molecule has 2 nitrogen and oxygen atoms in total. The highest BCUT2D eigenvalue weighted by Crippen LogP contribution is 2.19. The van der Waals surface area contributed by atoms with Crippen LogP contribution >= 0.6 is 77.9 Å². The number of hydrogen-bond acceptors (Lipinski definition) is 2. The Labute approximate surface area is 106 Å². The normalized spacial score (nSPS) is 13.2. The van der Waals surface area contributed by atoms with Gasteiger partial charge in [0.05, 0.1) is 0 Å². The Balaban J connectivity index is 3.83. The lowest BCUT2D eigenvalue weighted by Crippen LogP contribution is -2.56. The van der Waals surface area contributed by atoms with Gasteiger partial charge in [-0.3, -0.25) is 0 Å². The van der Waals surface area contributed by atoms with Crippen molar-refractivity contribution in [3.05, 3.63) is 0 Å². The van der Waals surface area contributed by atoms with Crippen LogP contribution in [0, 0.1) is 0 Å². The number of hydrogen-bond donors (Lipinski definition) is 2. The second-order valence-corrected chi connectivity index (χ2v) is 18.3. The third-order valence-electron chi connectivity index (χ3n) is 0.581. The molecule has 0 fully saturated rings.